The molecule has 0 unspecified atom stereocenters. The van der Waals surface area contributed by atoms with Crippen LogP contribution in [0, 0.1) is 5.41 Å². The molecular weight excluding hydrogens is 488 g/mol. The van der Waals surface area contributed by atoms with Crippen molar-refractivity contribution < 1.29 is 4.79 Å². The van der Waals surface area contributed by atoms with Gasteiger partial charge in [0.15, 0.2) is 0 Å². The number of anilines is 1. The number of nitrogens with one attached hydrogen (secondary N) is 4. The summed E-state index contributed by atoms with van der Waals surface area (Å²) in [6.07, 6.45) is 4.17. The van der Waals surface area contributed by atoms with Crippen LogP contribution in [0.3, 0.4) is 0 Å². The molecule has 0 spiro atoms. The third-order valence-electron chi connectivity index (χ3n) is 6.81. The molecule has 0 saturated carbocycles. The Hall–Kier alpha value is -4.24. The lowest BCUT2D eigenvalue weighted by atomic mass is 10.1. The number of fused-ring (bicyclic) bond motifs is 1. The van der Waals surface area contributed by atoms with Gasteiger partial charge in [-0.05, 0) is 70.0 Å². The SMILES string of the molecule is CC(C)N(CCNc1nccc(-c2ccc(C(=O)NCCc3ccc4[nH]cc(C(=N)N)c4c3)cc2)n1)C(C)C. The molecule has 204 valence electrons. The highest BCUT2D eigenvalue weighted by atomic mass is 16.1. The number of aromatic nitrogens is 3. The molecule has 9 nitrogen and oxygen atoms in total. The molecule has 2 heterocycles. The molecule has 4 rings (SSSR count). The summed E-state index contributed by atoms with van der Waals surface area (Å²) >= 11 is 0. The Balaban J connectivity index is 1.31. The Kier molecular flexibility index (Phi) is 8.93. The predicted octanol–water partition coefficient (Wildman–Crippen LogP) is 4.41. The number of carbonyl (C=O) groups is 1. The fraction of sp³-hybridized carbons (Fsp3) is 0.333. The van der Waals surface area contributed by atoms with Gasteiger partial charge in [-0.3, -0.25) is 15.1 Å². The van der Waals surface area contributed by atoms with Crippen molar-refractivity contribution in [1.29, 1.82) is 5.41 Å². The molecular formula is C30H38N8O. The predicted molar refractivity (Wildman–Crippen MR) is 158 cm³/mol. The number of amidine groups is 1. The highest BCUT2D eigenvalue weighted by Gasteiger charge is 2.13. The van der Waals surface area contributed by atoms with Crippen LogP contribution in [-0.2, 0) is 6.42 Å². The van der Waals surface area contributed by atoms with Crippen LogP contribution in [-0.4, -0.2) is 63.3 Å². The summed E-state index contributed by atoms with van der Waals surface area (Å²) in [5.74, 6) is 0.498. The number of rotatable bonds is 12. The molecule has 2 aromatic carbocycles. The summed E-state index contributed by atoms with van der Waals surface area (Å²) in [4.78, 5) is 27.3. The van der Waals surface area contributed by atoms with Crippen molar-refractivity contribution >= 4 is 28.6 Å². The third-order valence-corrected chi connectivity index (χ3v) is 6.81. The first-order valence-corrected chi connectivity index (χ1v) is 13.4. The molecule has 1 amide bonds. The monoisotopic (exact) mass is 526 g/mol. The molecule has 2 aromatic heterocycles. The molecule has 0 saturated heterocycles. The normalized spacial score (nSPS) is 11.5. The minimum absolute atomic E-state index is 0.0317. The van der Waals surface area contributed by atoms with E-state index in [1.54, 1.807) is 12.4 Å². The van der Waals surface area contributed by atoms with Crippen molar-refractivity contribution in [2.75, 3.05) is 25.0 Å². The van der Waals surface area contributed by atoms with Gasteiger partial charge in [0, 0.05) is 71.7 Å². The van der Waals surface area contributed by atoms with Crippen LogP contribution in [0.4, 0.5) is 5.95 Å². The lowest BCUT2D eigenvalue weighted by Crippen LogP contribution is -2.40. The molecule has 0 aliphatic carbocycles. The topological polar surface area (TPSA) is 136 Å². The maximum atomic E-state index is 12.7. The van der Waals surface area contributed by atoms with Crippen molar-refractivity contribution in [3.05, 3.63) is 77.6 Å². The van der Waals surface area contributed by atoms with Gasteiger partial charge in [0.2, 0.25) is 5.95 Å². The van der Waals surface area contributed by atoms with E-state index in [0.29, 0.717) is 42.1 Å². The molecule has 0 atom stereocenters. The van der Waals surface area contributed by atoms with Crippen molar-refractivity contribution in [2.24, 2.45) is 5.73 Å². The van der Waals surface area contributed by atoms with Gasteiger partial charge < -0.3 is 21.4 Å². The van der Waals surface area contributed by atoms with E-state index in [9.17, 15) is 4.79 Å². The molecule has 0 bridgehead atoms. The number of H-pyrrole nitrogens is 1. The summed E-state index contributed by atoms with van der Waals surface area (Å²) in [5, 5.41) is 15.0. The van der Waals surface area contributed by atoms with E-state index in [1.807, 2.05) is 48.5 Å². The summed E-state index contributed by atoms with van der Waals surface area (Å²) in [6.45, 7) is 11.0. The zero-order valence-electron chi connectivity index (χ0n) is 23.1. The third kappa shape index (κ3) is 7.00. The van der Waals surface area contributed by atoms with Crippen LogP contribution in [0.2, 0.25) is 0 Å². The van der Waals surface area contributed by atoms with E-state index in [2.05, 4.69) is 58.2 Å². The minimum Gasteiger partial charge on any atom is -0.384 e. The van der Waals surface area contributed by atoms with Gasteiger partial charge in [-0.25, -0.2) is 9.97 Å². The minimum atomic E-state index is -0.126. The van der Waals surface area contributed by atoms with Gasteiger partial charge in [-0.1, -0.05) is 18.2 Å². The summed E-state index contributed by atoms with van der Waals surface area (Å²) < 4.78 is 0. The summed E-state index contributed by atoms with van der Waals surface area (Å²) in [5.41, 5.74) is 10.7. The number of amides is 1. The zero-order valence-corrected chi connectivity index (χ0v) is 23.1. The van der Waals surface area contributed by atoms with E-state index in [0.717, 1.165) is 40.8 Å². The first kappa shape index (κ1) is 27.8. The van der Waals surface area contributed by atoms with Gasteiger partial charge in [0.1, 0.15) is 5.84 Å². The smallest absolute Gasteiger partial charge is 0.251 e. The Morgan fingerprint density at radius 1 is 1.05 bits per heavy atom. The quantitative estimate of drug-likeness (QED) is 0.137. The van der Waals surface area contributed by atoms with Gasteiger partial charge in [0.25, 0.3) is 5.91 Å². The second kappa shape index (κ2) is 12.5. The summed E-state index contributed by atoms with van der Waals surface area (Å²) in [7, 11) is 0. The zero-order chi connectivity index (χ0) is 27.9. The van der Waals surface area contributed by atoms with Crippen molar-refractivity contribution in [2.45, 2.75) is 46.2 Å². The van der Waals surface area contributed by atoms with E-state index in [4.69, 9.17) is 11.1 Å². The Morgan fingerprint density at radius 2 is 1.79 bits per heavy atom. The number of benzene rings is 2. The first-order chi connectivity index (χ1) is 18.7. The van der Waals surface area contributed by atoms with E-state index < -0.39 is 0 Å². The molecule has 0 aliphatic rings. The molecule has 0 fully saturated rings. The average Bonchev–Trinajstić information content (AvgIpc) is 3.34. The fourth-order valence-electron chi connectivity index (χ4n) is 4.78. The van der Waals surface area contributed by atoms with Crippen molar-refractivity contribution in [3.63, 3.8) is 0 Å². The number of carbonyl (C=O) groups excluding carboxylic acids is 1. The lowest BCUT2D eigenvalue weighted by Gasteiger charge is -2.30. The fourth-order valence-corrected chi connectivity index (χ4v) is 4.78. The van der Waals surface area contributed by atoms with Crippen LogP contribution >= 0.6 is 0 Å². The Labute approximate surface area is 229 Å². The maximum absolute atomic E-state index is 12.7. The van der Waals surface area contributed by atoms with Crippen molar-refractivity contribution in [1.82, 2.24) is 25.2 Å². The average molecular weight is 527 g/mol. The molecule has 4 aromatic rings. The van der Waals surface area contributed by atoms with Crippen LogP contribution in [0.1, 0.15) is 49.2 Å². The number of aromatic amines is 1. The van der Waals surface area contributed by atoms with E-state index >= 15 is 0 Å². The van der Waals surface area contributed by atoms with Gasteiger partial charge in [0.05, 0.1) is 5.69 Å². The number of nitrogen functional groups attached to an aromatic ring is 1. The Morgan fingerprint density at radius 3 is 2.49 bits per heavy atom. The standard InChI is InChI=1S/C30H38N8O/c1-19(2)38(20(3)4)16-15-35-30-34-14-12-26(37-30)22-6-8-23(9-7-22)29(39)33-13-11-21-5-10-27-24(17-21)25(18-36-27)28(31)32/h5-10,12,14,17-20,36H,11,13,15-16H2,1-4H3,(H3,31,32)(H,33,39)(H,34,35,37). The highest BCUT2D eigenvalue weighted by Crippen LogP contribution is 2.20. The molecule has 0 aliphatic heterocycles. The van der Waals surface area contributed by atoms with Crippen molar-refractivity contribution in [3.8, 4) is 11.3 Å². The number of hydrogen-bond donors (Lipinski definition) is 5. The van der Waals surface area contributed by atoms with Crippen LogP contribution in [0.25, 0.3) is 22.2 Å². The molecule has 9 heteroatoms. The second-order valence-corrected chi connectivity index (χ2v) is 10.2. The molecule has 6 N–H and O–H groups in total. The Bertz CT molecular complexity index is 1420. The van der Waals surface area contributed by atoms with Gasteiger partial charge in [-0.15, -0.1) is 0 Å². The van der Waals surface area contributed by atoms with Gasteiger partial charge in [-0.2, -0.15) is 0 Å². The van der Waals surface area contributed by atoms with Crippen LogP contribution < -0.4 is 16.4 Å². The van der Waals surface area contributed by atoms with Crippen LogP contribution in [0.15, 0.2) is 60.9 Å². The first-order valence-electron chi connectivity index (χ1n) is 13.4. The highest BCUT2D eigenvalue weighted by molar-refractivity contribution is 6.07. The maximum Gasteiger partial charge on any atom is 0.251 e. The lowest BCUT2D eigenvalue weighted by molar-refractivity contribution is 0.0954. The largest absolute Gasteiger partial charge is 0.384 e. The van der Waals surface area contributed by atoms with Crippen LogP contribution in [0.5, 0.6) is 0 Å². The molecule has 0 radical (unpaired) electrons. The molecule has 39 heavy (non-hydrogen) atoms. The van der Waals surface area contributed by atoms with Gasteiger partial charge >= 0.3 is 0 Å². The summed E-state index contributed by atoms with van der Waals surface area (Å²) in [6, 6.07) is 16.3. The number of nitrogens with zero attached hydrogens (tertiary/aromatic N) is 3. The number of hydrogen-bond acceptors (Lipinski definition) is 6. The van der Waals surface area contributed by atoms with E-state index in [1.165, 1.54) is 0 Å². The number of nitrogens with two attached hydrogens (primary N) is 1. The second-order valence-electron chi connectivity index (χ2n) is 10.2. The van der Waals surface area contributed by atoms with E-state index in [-0.39, 0.29) is 11.7 Å².